The number of hydrogen-bond acceptors (Lipinski definition) is 4. The van der Waals surface area contributed by atoms with E-state index in [0.29, 0.717) is 24.2 Å². The fourth-order valence-electron chi connectivity index (χ4n) is 1.48. The molecule has 2 aromatic rings. The van der Waals surface area contributed by atoms with Gasteiger partial charge < -0.3 is 4.52 Å². The van der Waals surface area contributed by atoms with Gasteiger partial charge in [-0.2, -0.15) is 10.1 Å². The predicted octanol–water partition coefficient (Wildman–Crippen LogP) is 1.82. The highest BCUT2D eigenvalue weighted by Gasteiger charge is 2.08. The molecule has 16 heavy (non-hydrogen) atoms. The normalized spacial score (nSPS) is 11.2. The summed E-state index contributed by atoms with van der Waals surface area (Å²) in [4.78, 5) is 4.32. The first kappa shape index (κ1) is 10.9. The molecule has 86 valence electrons. The van der Waals surface area contributed by atoms with Gasteiger partial charge in [-0.1, -0.05) is 19.0 Å². The minimum absolute atomic E-state index is 0.528. The Labute approximate surface area is 94.5 Å². The third-order valence-electron chi connectivity index (χ3n) is 2.16. The summed E-state index contributed by atoms with van der Waals surface area (Å²) in [5, 5.41) is 8.10. The fraction of sp³-hybridized carbons (Fsp3) is 0.545. The summed E-state index contributed by atoms with van der Waals surface area (Å²) in [5.41, 5.74) is 1.13. The maximum absolute atomic E-state index is 5.15. The molecule has 0 atom stereocenters. The molecular formula is C11H16N4O. The molecule has 0 bridgehead atoms. The molecule has 0 N–H and O–H groups in total. The summed E-state index contributed by atoms with van der Waals surface area (Å²) >= 11 is 0. The zero-order chi connectivity index (χ0) is 11.5. The number of aromatic nitrogens is 4. The van der Waals surface area contributed by atoms with Gasteiger partial charge >= 0.3 is 0 Å². The molecule has 0 saturated heterocycles. The number of aryl methyl sites for hydroxylation is 1. The number of rotatable bonds is 4. The molecule has 2 rings (SSSR count). The van der Waals surface area contributed by atoms with E-state index in [1.807, 2.05) is 19.3 Å². The van der Waals surface area contributed by atoms with Crippen molar-refractivity contribution in [2.45, 2.75) is 33.7 Å². The van der Waals surface area contributed by atoms with E-state index in [1.54, 1.807) is 4.68 Å². The van der Waals surface area contributed by atoms with E-state index in [2.05, 4.69) is 29.1 Å². The van der Waals surface area contributed by atoms with Crippen molar-refractivity contribution in [3.05, 3.63) is 29.7 Å². The Morgan fingerprint density at radius 1 is 1.44 bits per heavy atom. The van der Waals surface area contributed by atoms with Crippen LogP contribution in [0.25, 0.3) is 0 Å². The first-order valence-corrected chi connectivity index (χ1v) is 5.44. The smallest absolute Gasteiger partial charge is 0.226 e. The second kappa shape index (κ2) is 4.47. The molecule has 5 heteroatoms. The standard InChI is InChI=1S/C11H16N4O/c1-8(2)4-11-13-10(14-16-11)7-15-6-9(3)5-12-15/h5-6,8H,4,7H2,1-3H3. The molecule has 0 aliphatic rings. The van der Waals surface area contributed by atoms with Crippen LogP contribution in [0.1, 0.15) is 31.1 Å². The maximum Gasteiger partial charge on any atom is 0.226 e. The topological polar surface area (TPSA) is 56.7 Å². The lowest BCUT2D eigenvalue weighted by molar-refractivity contribution is 0.357. The van der Waals surface area contributed by atoms with Gasteiger partial charge in [0, 0.05) is 12.6 Å². The molecule has 0 radical (unpaired) electrons. The predicted molar refractivity (Wildman–Crippen MR) is 58.9 cm³/mol. The van der Waals surface area contributed by atoms with Crippen LogP contribution in [0.3, 0.4) is 0 Å². The fourth-order valence-corrected chi connectivity index (χ4v) is 1.48. The zero-order valence-electron chi connectivity index (χ0n) is 9.84. The van der Waals surface area contributed by atoms with Crippen LogP contribution < -0.4 is 0 Å². The highest BCUT2D eigenvalue weighted by Crippen LogP contribution is 2.06. The zero-order valence-corrected chi connectivity index (χ0v) is 9.84. The summed E-state index contributed by atoms with van der Waals surface area (Å²) in [6.07, 6.45) is 4.60. The van der Waals surface area contributed by atoms with Gasteiger partial charge in [0.05, 0.1) is 6.20 Å². The van der Waals surface area contributed by atoms with Crippen molar-refractivity contribution < 1.29 is 4.52 Å². The number of nitrogens with zero attached hydrogens (tertiary/aromatic N) is 4. The Morgan fingerprint density at radius 2 is 2.25 bits per heavy atom. The molecule has 0 spiro atoms. The molecular weight excluding hydrogens is 204 g/mol. The van der Waals surface area contributed by atoms with E-state index >= 15 is 0 Å². The molecule has 0 fully saturated rings. The van der Waals surface area contributed by atoms with E-state index in [-0.39, 0.29) is 0 Å². The highest BCUT2D eigenvalue weighted by atomic mass is 16.5. The highest BCUT2D eigenvalue weighted by molar-refractivity contribution is 5.00. The lowest BCUT2D eigenvalue weighted by Gasteiger charge is -1.96. The van der Waals surface area contributed by atoms with E-state index in [9.17, 15) is 0 Å². The Kier molecular flexibility index (Phi) is 3.03. The summed E-state index contributed by atoms with van der Waals surface area (Å²) in [6, 6.07) is 0. The quantitative estimate of drug-likeness (QED) is 0.788. The third-order valence-corrected chi connectivity index (χ3v) is 2.16. The maximum atomic E-state index is 5.15. The molecule has 2 aromatic heterocycles. The molecule has 0 unspecified atom stereocenters. The number of hydrogen-bond donors (Lipinski definition) is 0. The average Bonchev–Trinajstić information content (AvgIpc) is 2.76. The molecule has 2 heterocycles. The summed E-state index contributed by atoms with van der Waals surface area (Å²) < 4.78 is 6.96. The molecule has 0 aliphatic carbocycles. The van der Waals surface area contributed by atoms with Crippen molar-refractivity contribution in [1.82, 2.24) is 19.9 Å². The van der Waals surface area contributed by atoms with Crippen LogP contribution in [-0.4, -0.2) is 19.9 Å². The van der Waals surface area contributed by atoms with Crippen LogP contribution >= 0.6 is 0 Å². The molecule has 0 saturated carbocycles. The molecule has 0 aliphatic heterocycles. The first-order valence-electron chi connectivity index (χ1n) is 5.44. The third kappa shape index (κ3) is 2.68. The minimum atomic E-state index is 0.528. The Balaban J connectivity index is 2.02. The van der Waals surface area contributed by atoms with Crippen molar-refractivity contribution in [2.24, 2.45) is 5.92 Å². The Hall–Kier alpha value is -1.65. The summed E-state index contributed by atoms with van der Waals surface area (Å²) in [7, 11) is 0. The van der Waals surface area contributed by atoms with Gasteiger partial charge in [-0.15, -0.1) is 0 Å². The molecule has 5 nitrogen and oxygen atoms in total. The van der Waals surface area contributed by atoms with Gasteiger partial charge in [0.15, 0.2) is 5.82 Å². The lowest BCUT2D eigenvalue weighted by Crippen LogP contribution is -2.02. The first-order chi connectivity index (χ1) is 7.63. The van der Waals surface area contributed by atoms with Gasteiger partial charge in [-0.05, 0) is 18.4 Å². The van der Waals surface area contributed by atoms with Crippen molar-refractivity contribution in [3.63, 3.8) is 0 Å². The van der Waals surface area contributed by atoms with Crippen LogP contribution in [0.5, 0.6) is 0 Å². The average molecular weight is 220 g/mol. The van der Waals surface area contributed by atoms with Gasteiger partial charge in [-0.25, -0.2) is 0 Å². The van der Waals surface area contributed by atoms with Crippen molar-refractivity contribution >= 4 is 0 Å². The second-order valence-electron chi connectivity index (χ2n) is 4.42. The van der Waals surface area contributed by atoms with Crippen LogP contribution in [0.15, 0.2) is 16.9 Å². The Morgan fingerprint density at radius 3 is 2.88 bits per heavy atom. The SMILES string of the molecule is Cc1cnn(Cc2noc(CC(C)C)n2)c1. The van der Waals surface area contributed by atoms with E-state index in [0.717, 1.165) is 12.0 Å². The van der Waals surface area contributed by atoms with Crippen LogP contribution in [-0.2, 0) is 13.0 Å². The summed E-state index contributed by atoms with van der Waals surface area (Å²) in [5.74, 6) is 1.91. The van der Waals surface area contributed by atoms with Gasteiger partial charge in [-0.3, -0.25) is 4.68 Å². The second-order valence-corrected chi connectivity index (χ2v) is 4.42. The van der Waals surface area contributed by atoms with Gasteiger partial charge in [0.2, 0.25) is 5.89 Å². The summed E-state index contributed by atoms with van der Waals surface area (Å²) in [6.45, 7) is 6.82. The van der Waals surface area contributed by atoms with E-state index in [1.165, 1.54) is 0 Å². The van der Waals surface area contributed by atoms with Crippen LogP contribution in [0.4, 0.5) is 0 Å². The monoisotopic (exact) mass is 220 g/mol. The van der Waals surface area contributed by atoms with Crippen molar-refractivity contribution in [2.75, 3.05) is 0 Å². The van der Waals surface area contributed by atoms with Crippen molar-refractivity contribution in [1.29, 1.82) is 0 Å². The minimum Gasteiger partial charge on any atom is -0.339 e. The Bertz CT molecular complexity index is 458. The van der Waals surface area contributed by atoms with Crippen LogP contribution in [0.2, 0.25) is 0 Å². The van der Waals surface area contributed by atoms with Crippen molar-refractivity contribution in [3.8, 4) is 0 Å². The van der Waals surface area contributed by atoms with E-state index in [4.69, 9.17) is 4.52 Å². The molecule has 0 aromatic carbocycles. The van der Waals surface area contributed by atoms with Crippen LogP contribution in [0, 0.1) is 12.8 Å². The van der Waals surface area contributed by atoms with Gasteiger partial charge in [0.25, 0.3) is 0 Å². The largest absolute Gasteiger partial charge is 0.339 e. The molecule has 0 amide bonds. The van der Waals surface area contributed by atoms with Gasteiger partial charge in [0.1, 0.15) is 6.54 Å². The van der Waals surface area contributed by atoms with E-state index < -0.39 is 0 Å². The lowest BCUT2D eigenvalue weighted by atomic mass is 10.1.